The summed E-state index contributed by atoms with van der Waals surface area (Å²) in [6.07, 6.45) is 8.30. The van der Waals surface area contributed by atoms with Crippen molar-refractivity contribution in [2.75, 3.05) is 32.8 Å². The maximum absolute atomic E-state index is 12.7. The summed E-state index contributed by atoms with van der Waals surface area (Å²) < 4.78 is 6.63. The third-order valence-electron chi connectivity index (χ3n) is 8.44. The molecule has 0 atom stereocenters. The van der Waals surface area contributed by atoms with Gasteiger partial charge in [0.05, 0.1) is 6.61 Å². The first kappa shape index (κ1) is 24.2. The van der Waals surface area contributed by atoms with Crippen molar-refractivity contribution in [3.05, 3.63) is 71.8 Å². The number of piperidine rings is 1. The zero-order chi connectivity index (χ0) is 24.1. The van der Waals surface area contributed by atoms with Crippen LogP contribution in [0.4, 0.5) is 0 Å². The van der Waals surface area contributed by atoms with E-state index in [0.717, 1.165) is 64.6 Å². The van der Waals surface area contributed by atoms with Gasteiger partial charge in [-0.05, 0) is 55.2 Å². The molecule has 0 radical (unpaired) electrons. The number of likely N-dealkylation sites (tertiary alicyclic amines) is 1. The highest BCUT2D eigenvalue weighted by Gasteiger charge is 2.44. The first-order valence-corrected chi connectivity index (χ1v) is 13.4. The second-order valence-electron chi connectivity index (χ2n) is 10.7. The van der Waals surface area contributed by atoms with E-state index in [1.807, 2.05) is 0 Å². The van der Waals surface area contributed by atoms with Gasteiger partial charge in [-0.1, -0.05) is 73.5 Å². The molecule has 5 nitrogen and oxygen atoms in total. The Kier molecular flexibility index (Phi) is 7.35. The molecule has 2 amide bonds. The number of amides is 2. The summed E-state index contributed by atoms with van der Waals surface area (Å²) in [6, 6.07) is 21.1. The summed E-state index contributed by atoms with van der Waals surface area (Å²) in [5.74, 6) is 0.114. The van der Waals surface area contributed by atoms with Gasteiger partial charge in [-0.15, -0.1) is 0 Å². The topological polar surface area (TPSA) is 49.9 Å². The number of carbonyl (C=O) groups excluding carboxylic acids is 2. The number of hydrogen-bond donors (Lipinski definition) is 0. The molecular formula is C30H38N2O3. The molecule has 2 saturated heterocycles. The number of ether oxygens (including phenoxy) is 1. The Bertz CT molecular complexity index is 941. The van der Waals surface area contributed by atoms with Crippen LogP contribution in [0, 0.1) is 5.41 Å². The number of benzene rings is 2. The van der Waals surface area contributed by atoms with Crippen molar-refractivity contribution in [1.29, 1.82) is 0 Å². The molecule has 2 aromatic carbocycles. The van der Waals surface area contributed by atoms with E-state index in [0.29, 0.717) is 26.0 Å². The molecule has 1 saturated carbocycles. The normalized spacial score (nSPS) is 22.5. The molecule has 35 heavy (non-hydrogen) atoms. The van der Waals surface area contributed by atoms with Gasteiger partial charge in [0.25, 0.3) is 0 Å². The molecule has 5 rings (SSSR count). The Labute approximate surface area is 209 Å². The first-order valence-electron chi connectivity index (χ1n) is 13.4. The van der Waals surface area contributed by atoms with Crippen LogP contribution in [0.5, 0.6) is 0 Å². The zero-order valence-electron chi connectivity index (χ0n) is 20.8. The summed E-state index contributed by atoms with van der Waals surface area (Å²) >= 11 is 0. The molecule has 2 heterocycles. The average Bonchev–Trinajstić information content (AvgIpc) is 3.20. The largest absolute Gasteiger partial charge is 0.364 e. The molecule has 1 spiro atoms. The van der Waals surface area contributed by atoms with Gasteiger partial charge in [-0.2, -0.15) is 0 Å². The second kappa shape index (κ2) is 10.6. The van der Waals surface area contributed by atoms with E-state index in [-0.39, 0.29) is 17.2 Å². The SMILES string of the molecule is O=C1CC2(CCCC2)CC(=O)N1CCCCN1CCOC(c2ccccc2)(c2ccccc2)CC1. The molecular weight excluding hydrogens is 436 g/mol. The molecule has 3 aliphatic rings. The summed E-state index contributed by atoms with van der Waals surface area (Å²) in [5.41, 5.74) is 1.96. The predicted molar refractivity (Wildman–Crippen MR) is 137 cm³/mol. The standard InChI is InChI=1S/C30H38N2O3/c33-27-23-29(15-7-8-16-29)24-28(34)32(27)19-10-9-18-31-20-17-30(35-22-21-31,25-11-3-1-4-12-25)26-13-5-2-6-14-26/h1-6,11-14H,7-10,15-24H2. The average molecular weight is 475 g/mol. The lowest BCUT2D eigenvalue weighted by Crippen LogP contribution is -2.47. The van der Waals surface area contributed by atoms with Crippen molar-refractivity contribution in [3.63, 3.8) is 0 Å². The van der Waals surface area contributed by atoms with E-state index >= 15 is 0 Å². The number of imide groups is 1. The van der Waals surface area contributed by atoms with Crippen LogP contribution in [0.15, 0.2) is 60.7 Å². The van der Waals surface area contributed by atoms with Gasteiger partial charge in [-0.25, -0.2) is 0 Å². The van der Waals surface area contributed by atoms with Crippen LogP contribution < -0.4 is 0 Å². The predicted octanol–water partition coefficient (Wildman–Crippen LogP) is 5.14. The van der Waals surface area contributed by atoms with Gasteiger partial charge >= 0.3 is 0 Å². The van der Waals surface area contributed by atoms with Crippen LogP contribution in [0.3, 0.4) is 0 Å². The summed E-state index contributed by atoms with van der Waals surface area (Å²) in [5, 5.41) is 0. The minimum Gasteiger partial charge on any atom is -0.364 e. The van der Waals surface area contributed by atoms with Gasteiger partial charge < -0.3 is 9.64 Å². The van der Waals surface area contributed by atoms with Gasteiger partial charge in [0.15, 0.2) is 0 Å². The van der Waals surface area contributed by atoms with Gasteiger partial charge in [0.2, 0.25) is 11.8 Å². The van der Waals surface area contributed by atoms with Crippen LogP contribution >= 0.6 is 0 Å². The minimum absolute atomic E-state index is 0.0132. The fourth-order valence-electron chi connectivity index (χ4n) is 6.48. The van der Waals surface area contributed by atoms with Gasteiger partial charge in [0.1, 0.15) is 5.60 Å². The Morgan fingerprint density at radius 2 is 1.29 bits per heavy atom. The fourth-order valence-corrected chi connectivity index (χ4v) is 6.48. The number of nitrogens with zero attached hydrogens (tertiary/aromatic N) is 2. The van der Waals surface area contributed by atoms with E-state index in [9.17, 15) is 9.59 Å². The number of unbranched alkanes of at least 4 members (excludes halogenated alkanes) is 1. The van der Waals surface area contributed by atoms with E-state index in [1.54, 1.807) is 4.90 Å². The van der Waals surface area contributed by atoms with Gasteiger partial charge in [0, 0.05) is 32.5 Å². The molecule has 2 aliphatic heterocycles. The van der Waals surface area contributed by atoms with Crippen molar-refractivity contribution in [2.45, 2.75) is 63.4 Å². The van der Waals surface area contributed by atoms with Crippen molar-refractivity contribution in [1.82, 2.24) is 9.80 Å². The molecule has 0 N–H and O–H groups in total. The number of hydrogen-bond acceptors (Lipinski definition) is 4. The Morgan fingerprint density at radius 3 is 1.89 bits per heavy atom. The Hall–Kier alpha value is -2.50. The summed E-state index contributed by atoms with van der Waals surface area (Å²) in [6.45, 7) is 4.05. The van der Waals surface area contributed by atoms with Crippen molar-refractivity contribution < 1.29 is 14.3 Å². The van der Waals surface area contributed by atoms with E-state index < -0.39 is 5.60 Å². The monoisotopic (exact) mass is 474 g/mol. The molecule has 5 heteroatoms. The Balaban J connectivity index is 1.15. The lowest BCUT2D eigenvalue weighted by atomic mass is 9.76. The highest BCUT2D eigenvalue weighted by molar-refractivity contribution is 5.98. The lowest BCUT2D eigenvalue weighted by molar-refractivity contribution is -0.153. The lowest BCUT2D eigenvalue weighted by Gasteiger charge is -2.37. The molecule has 186 valence electrons. The van der Waals surface area contributed by atoms with E-state index in [2.05, 4.69) is 65.6 Å². The highest BCUT2D eigenvalue weighted by atomic mass is 16.5. The summed E-state index contributed by atoms with van der Waals surface area (Å²) in [7, 11) is 0. The van der Waals surface area contributed by atoms with Crippen LogP contribution in [0.25, 0.3) is 0 Å². The van der Waals surface area contributed by atoms with E-state index in [1.165, 1.54) is 11.1 Å². The number of carbonyl (C=O) groups is 2. The van der Waals surface area contributed by atoms with Crippen molar-refractivity contribution >= 4 is 11.8 Å². The minimum atomic E-state index is -0.430. The molecule has 2 aromatic rings. The van der Waals surface area contributed by atoms with Crippen molar-refractivity contribution in [2.24, 2.45) is 5.41 Å². The zero-order valence-corrected chi connectivity index (χ0v) is 20.8. The third kappa shape index (κ3) is 5.22. The van der Waals surface area contributed by atoms with E-state index in [4.69, 9.17) is 4.74 Å². The number of rotatable bonds is 7. The molecule has 3 fully saturated rings. The molecule has 0 unspecified atom stereocenters. The highest BCUT2D eigenvalue weighted by Crippen LogP contribution is 2.47. The van der Waals surface area contributed by atoms with Gasteiger partial charge in [-0.3, -0.25) is 14.5 Å². The smallest absolute Gasteiger partial charge is 0.229 e. The molecule has 1 aliphatic carbocycles. The maximum Gasteiger partial charge on any atom is 0.229 e. The van der Waals surface area contributed by atoms with Crippen LogP contribution in [-0.2, 0) is 19.9 Å². The van der Waals surface area contributed by atoms with Crippen LogP contribution in [0.1, 0.15) is 68.9 Å². The second-order valence-corrected chi connectivity index (χ2v) is 10.7. The Morgan fingerprint density at radius 1 is 0.714 bits per heavy atom. The third-order valence-corrected chi connectivity index (χ3v) is 8.44. The first-order chi connectivity index (χ1) is 17.1. The summed E-state index contributed by atoms with van der Waals surface area (Å²) in [4.78, 5) is 29.5. The van der Waals surface area contributed by atoms with Crippen LogP contribution in [-0.4, -0.2) is 54.4 Å². The molecule has 0 bridgehead atoms. The quantitative estimate of drug-likeness (QED) is 0.412. The fraction of sp³-hybridized carbons (Fsp3) is 0.533. The van der Waals surface area contributed by atoms with Crippen molar-refractivity contribution in [3.8, 4) is 0 Å². The van der Waals surface area contributed by atoms with Crippen LogP contribution in [0.2, 0.25) is 0 Å². The molecule has 0 aromatic heterocycles. The maximum atomic E-state index is 12.7.